The van der Waals surface area contributed by atoms with E-state index in [1.54, 1.807) is 0 Å². The van der Waals surface area contributed by atoms with E-state index in [1.807, 2.05) is 11.9 Å². The third-order valence-corrected chi connectivity index (χ3v) is 6.14. The van der Waals surface area contributed by atoms with E-state index in [1.165, 1.54) is 19.3 Å². The van der Waals surface area contributed by atoms with E-state index in [0.29, 0.717) is 5.92 Å². The third kappa shape index (κ3) is 2.30. The molecule has 3 atom stereocenters. The molecule has 2 saturated carbocycles. The van der Waals surface area contributed by atoms with Gasteiger partial charge >= 0.3 is 0 Å². The van der Waals surface area contributed by atoms with Crippen LogP contribution in [0, 0.1) is 17.3 Å². The SMILES string of the molecule is CN(CC1CCC1)C(=O)C1(N)C2CCCOC2C1(C)C.Cl. The lowest BCUT2D eigenvalue weighted by atomic mass is 9.46. The van der Waals surface area contributed by atoms with Crippen LogP contribution in [0.3, 0.4) is 0 Å². The van der Waals surface area contributed by atoms with Gasteiger partial charge in [0.2, 0.25) is 5.91 Å². The van der Waals surface area contributed by atoms with Crippen molar-refractivity contribution in [3.8, 4) is 0 Å². The highest BCUT2D eigenvalue weighted by Crippen LogP contribution is 2.57. The van der Waals surface area contributed by atoms with E-state index < -0.39 is 5.54 Å². The highest BCUT2D eigenvalue weighted by Gasteiger charge is 2.70. The van der Waals surface area contributed by atoms with Crippen LogP contribution in [0.5, 0.6) is 0 Å². The van der Waals surface area contributed by atoms with Crippen molar-refractivity contribution < 1.29 is 9.53 Å². The van der Waals surface area contributed by atoms with E-state index >= 15 is 0 Å². The van der Waals surface area contributed by atoms with Crippen molar-refractivity contribution >= 4 is 18.3 Å². The van der Waals surface area contributed by atoms with Gasteiger partial charge in [-0.25, -0.2) is 0 Å². The zero-order valence-electron chi connectivity index (χ0n) is 13.4. The number of carbonyl (C=O) groups excluding carboxylic acids is 1. The van der Waals surface area contributed by atoms with Gasteiger partial charge in [0.25, 0.3) is 0 Å². The molecule has 0 radical (unpaired) electrons. The molecule has 2 N–H and O–H groups in total. The lowest BCUT2D eigenvalue weighted by molar-refractivity contribution is -0.229. The van der Waals surface area contributed by atoms with Gasteiger partial charge in [0, 0.05) is 31.5 Å². The average molecular weight is 317 g/mol. The minimum Gasteiger partial charge on any atom is -0.377 e. The Labute approximate surface area is 134 Å². The predicted molar refractivity (Wildman–Crippen MR) is 85.4 cm³/mol. The molecular formula is C16H29ClN2O2. The van der Waals surface area contributed by atoms with Crippen molar-refractivity contribution in [2.75, 3.05) is 20.2 Å². The Kier molecular flexibility index (Phi) is 4.63. The number of fused-ring (bicyclic) bond motifs is 1. The van der Waals surface area contributed by atoms with Crippen molar-refractivity contribution in [1.82, 2.24) is 4.90 Å². The van der Waals surface area contributed by atoms with Gasteiger partial charge in [-0.2, -0.15) is 0 Å². The normalized spacial score (nSPS) is 37.5. The first-order chi connectivity index (χ1) is 9.39. The highest BCUT2D eigenvalue weighted by atomic mass is 35.5. The Balaban J connectivity index is 0.00000161. The molecule has 1 heterocycles. The summed E-state index contributed by atoms with van der Waals surface area (Å²) in [6, 6.07) is 0. The van der Waals surface area contributed by atoms with Gasteiger partial charge in [-0.15, -0.1) is 12.4 Å². The molecular weight excluding hydrogens is 288 g/mol. The monoisotopic (exact) mass is 316 g/mol. The molecule has 0 aromatic heterocycles. The Bertz CT molecular complexity index is 411. The number of halogens is 1. The molecule has 3 unspecified atom stereocenters. The number of nitrogens with zero attached hydrogens (tertiary/aromatic N) is 1. The maximum atomic E-state index is 12.9. The third-order valence-electron chi connectivity index (χ3n) is 6.14. The van der Waals surface area contributed by atoms with E-state index in [-0.39, 0.29) is 35.8 Å². The number of likely N-dealkylation sites (N-methyl/N-ethyl adjacent to an activating group) is 1. The lowest BCUT2D eigenvalue weighted by Crippen LogP contribution is -2.82. The number of ether oxygens (including phenoxy) is 1. The fourth-order valence-corrected chi connectivity index (χ4v) is 4.47. The van der Waals surface area contributed by atoms with E-state index in [9.17, 15) is 4.79 Å². The van der Waals surface area contributed by atoms with Crippen molar-refractivity contribution in [3.63, 3.8) is 0 Å². The Morgan fingerprint density at radius 3 is 2.52 bits per heavy atom. The summed E-state index contributed by atoms with van der Waals surface area (Å²) < 4.78 is 5.88. The number of rotatable bonds is 3. The highest BCUT2D eigenvalue weighted by molar-refractivity contribution is 5.89. The van der Waals surface area contributed by atoms with Crippen LogP contribution in [0.2, 0.25) is 0 Å². The Morgan fingerprint density at radius 1 is 1.29 bits per heavy atom. The molecule has 1 saturated heterocycles. The summed E-state index contributed by atoms with van der Waals surface area (Å²) in [6.07, 6.45) is 6.03. The number of hydrogen-bond donors (Lipinski definition) is 1. The van der Waals surface area contributed by atoms with Crippen molar-refractivity contribution in [3.05, 3.63) is 0 Å². The van der Waals surface area contributed by atoms with Gasteiger partial charge in [0.1, 0.15) is 5.54 Å². The number of nitrogens with two attached hydrogens (primary N) is 1. The van der Waals surface area contributed by atoms with Crippen molar-refractivity contribution in [1.29, 1.82) is 0 Å². The minimum atomic E-state index is -0.740. The van der Waals surface area contributed by atoms with Crippen LogP contribution in [0.4, 0.5) is 0 Å². The van der Waals surface area contributed by atoms with Crippen molar-refractivity contribution in [2.24, 2.45) is 23.0 Å². The lowest BCUT2D eigenvalue weighted by Gasteiger charge is -2.65. The minimum absolute atomic E-state index is 0. The summed E-state index contributed by atoms with van der Waals surface area (Å²) in [5.74, 6) is 1.01. The summed E-state index contributed by atoms with van der Waals surface area (Å²) >= 11 is 0. The summed E-state index contributed by atoms with van der Waals surface area (Å²) in [7, 11) is 1.92. The van der Waals surface area contributed by atoms with Crippen LogP contribution in [0.25, 0.3) is 0 Å². The summed E-state index contributed by atoms with van der Waals surface area (Å²) in [4.78, 5) is 14.8. The fraction of sp³-hybridized carbons (Fsp3) is 0.938. The molecule has 0 aromatic rings. The van der Waals surface area contributed by atoms with Crippen LogP contribution in [-0.2, 0) is 9.53 Å². The molecule has 2 aliphatic carbocycles. The number of hydrogen-bond acceptors (Lipinski definition) is 3. The van der Waals surface area contributed by atoms with E-state index in [0.717, 1.165) is 26.0 Å². The molecule has 1 amide bonds. The molecule has 3 fully saturated rings. The first-order valence-corrected chi connectivity index (χ1v) is 8.05. The largest absolute Gasteiger partial charge is 0.377 e. The maximum Gasteiger partial charge on any atom is 0.243 e. The molecule has 21 heavy (non-hydrogen) atoms. The number of amides is 1. The molecule has 3 rings (SSSR count). The first kappa shape index (κ1) is 17.0. The van der Waals surface area contributed by atoms with Crippen LogP contribution in [0.1, 0.15) is 46.0 Å². The molecule has 1 aliphatic heterocycles. The van der Waals surface area contributed by atoms with Crippen molar-refractivity contribution in [2.45, 2.75) is 57.6 Å². The van der Waals surface area contributed by atoms with Gasteiger partial charge in [0.05, 0.1) is 6.10 Å². The summed E-state index contributed by atoms with van der Waals surface area (Å²) in [5, 5.41) is 0. The Morgan fingerprint density at radius 2 is 1.95 bits per heavy atom. The van der Waals surface area contributed by atoms with Gasteiger partial charge in [-0.05, 0) is 31.6 Å². The molecule has 3 aliphatic rings. The second-order valence-electron chi connectivity index (χ2n) is 7.61. The smallest absolute Gasteiger partial charge is 0.243 e. The molecule has 0 spiro atoms. The van der Waals surface area contributed by atoms with Crippen LogP contribution in [-0.4, -0.2) is 42.6 Å². The van der Waals surface area contributed by atoms with E-state index in [2.05, 4.69) is 13.8 Å². The zero-order valence-corrected chi connectivity index (χ0v) is 14.2. The fourth-order valence-electron chi connectivity index (χ4n) is 4.47. The van der Waals surface area contributed by atoms with E-state index in [4.69, 9.17) is 10.5 Å². The molecule has 0 bridgehead atoms. The molecule has 5 heteroatoms. The topological polar surface area (TPSA) is 55.6 Å². The average Bonchev–Trinajstić information content (AvgIpc) is 2.40. The second kappa shape index (κ2) is 5.71. The predicted octanol–water partition coefficient (Wildman–Crippen LogP) is 2.20. The zero-order chi connectivity index (χ0) is 14.5. The van der Waals surface area contributed by atoms with Crippen LogP contribution >= 0.6 is 12.4 Å². The second-order valence-corrected chi connectivity index (χ2v) is 7.61. The van der Waals surface area contributed by atoms with Gasteiger partial charge in [-0.3, -0.25) is 4.79 Å². The summed E-state index contributed by atoms with van der Waals surface area (Å²) in [6.45, 7) is 5.86. The van der Waals surface area contributed by atoms with Gasteiger partial charge < -0.3 is 15.4 Å². The Hall–Kier alpha value is -0.320. The first-order valence-electron chi connectivity index (χ1n) is 8.05. The molecule has 4 nitrogen and oxygen atoms in total. The maximum absolute atomic E-state index is 12.9. The molecule has 122 valence electrons. The van der Waals surface area contributed by atoms with Crippen LogP contribution < -0.4 is 5.73 Å². The number of carbonyl (C=O) groups is 1. The molecule has 0 aromatic carbocycles. The quantitative estimate of drug-likeness (QED) is 0.868. The van der Waals surface area contributed by atoms with Gasteiger partial charge in [-0.1, -0.05) is 20.3 Å². The standard InChI is InChI=1S/C16H28N2O2.ClH/c1-15(2)13-12(8-5-9-20-13)16(15,17)14(19)18(3)10-11-6-4-7-11;/h11-13H,4-10,17H2,1-3H3;1H. The summed E-state index contributed by atoms with van der Waals surface area (Å²) in [5.41, 5.74) is 5.64. The van der Waals surface area contributed by atoms with Crippen LogP contribution in [0.15, 0.2) is 0 Å². The van der Waals surface area contributed by atoms with Gasteiger partial charge in [0.15, 0.2) is 0 Å².